The molecule has 116 valence electrons. The van der Waals surface area contributed by atoms with Gasteiger partial charge in [-0.15, -0.1) is 11.3 Å². The number of aromatic nitrogens is 1. The Morgan fingerprint density at radius 1 is 1.45 bits per heavy atom. The zero-order valence-electron chi connectivity index (χ0n) is 12.3. The van der Waals surface area contributed by atoms with Crippen LogP contribution < -0.4 is 5.73 Å². The van der Waals surface area contributed by atoms with E-state index in [-0.39, 0.29) is 23.7 Å². The van der Waals surface area contributed by atoms with Gasteiger partial charge in [0.25, 0.3) is 5.91 Å². The van der Waals surface area contributed by atoms with Crippen LogP contribution in [-0.2, 0) is 6.54 Å². The van der Waals surface area contributed by atoms with Gasteiger partial charge < -0.3 is 10.6 Å². The second kappa shape index (κ2) is 6.14. The second-order valence-corrected chi connectivity index (χ2v) is 6.56. The lowest BCUT2D eigenvalue weighted by Gasteiger charge is -2.20. The highest BCUT2D eigenvalue weighted by atomic mass is 32.1. The first-order valence-electron chi connectivity index (χ1n) is 7.29. The van der Waals surface area contributed by atoms with Crippen LogP contribution in [0.3, 0.4) is 0 Å². The minimum Gasteiger partial charge on any atom is -0.334 e. The highest BCUT2D eigenvalue weighted by Crippen LogP contribution is 2.32. The number of carbonyl (C=O) groups excluding carboxylic acids is 1. The number of nitrogens with zero attached hydrogens (tertiary/aromatic N) is 2. The molecule has 4 nitrogen and oxygen atoms in total. The number of hydrogen-bond acceptors (Lipinski definition) is 4. The lowest BCUT2D eigenvalue weighted by Crippen LogP contribution is -2.34. The van der Waals surface area contributed by atoms with Crippen molar-refractivity contribution in [2.75, 3.05) is 6.54 Å². The third-order valence-electron chi connectivity index (χ3n) is 4.12. The number of nitrogens with two attached hydrogens (primary N) is 1. The summed E-state index contributed by atoms with van der Waals surface area (Å²) in [6.07, 6.45) is 0.880. The molecular weight excluding hydrogens is 301 g/mol. The molecule has 0 bridgehead atoms. The molecule has 0 unspecified atom stereocenters. The summed E-state index contributed by atoms with van der Waals surface area (Å²) in [6.45, 7) is 3.03. The molecule has 2 N–H and O–H groups in total. The van der Waals surface area contributed by atoms with Crippen LogP contribution in [0.1, 0.15) is 40.3 Å². The molecule has 0 spiro atoms. The van der Waals surface area contributed by atoms with E-state index in [1.54, 1.807) is 17.5 Å². The number of halogens is 1. The van der Waals surface area contributed by atoms with Crippen molar-refractivity contribution < 1.29 is 9.18 Å². The van der Waals surface area contributed by atoms with E-state index < -0.39 is 0 Å². The lowest BCUT2D eigenvalue weighted by molar-refractivity contribution is 0.0740. The van der Waals surface area contributed by atoms with E-state index in [9.17, 15) is 9.18 Å². The molecule has 0 saturated carbocycles. The van der Waals surface area contributed by atoms with E-state index in [2.05, 4.69) is 4.98 Å². The molecule has 3 rings (SSSR count). The summed E-state index contributed by atoms with van der Waals surface area (Å²) in [5.41, 5.74) is 7.09. The average Bonchev–Trinajstić information content (AvgIpc) is 3.14. The van der Waals surface area contributed by atoms with Gasteiger partial charge in [-0.25, -0.2) is 9.37 Å². The van der Waals surface area contributed by atoms with Crippen molar-refractivity contribution in [1.29, 1.82) is 0 Å². The number of thiazole rings is 1. The summed E-state index contributed by atoms with van der Waals surface area (Å²) in [5.74, 6) is -0.0419. The van der Waals surface area contributed by atoms with Gasteiger partial charge in [-0.05, 0) is 31.0 Å². The quantitative estimate of drug-likeness (QED) is 0.946. The molecule has 1 amide bonds. The summed E-state index contributed by atoms with van der Waals surface area (Å²) in [6, 6.07) is 6.69. The summed E-state index contributed by atoms with van der Waals surface area (Å²) < 4.78 is 13.0. The van der Waals surface area contributed by atoms with E-state index in [1.165, 1.54) is 23.5 Å². The summed E-state index contributed by atoms with van der Waals surface area (Å²) >= 11 is 1.41. The Labute approximate surface area is 132 Å². The van der Waals surface area contributed by atoms with Crippen molar-refractivity contribution in [3.63, 3.8) is 0 Å². The van der Waals surface area contributed by atoms with Crippen LogP contribution in [-0.4, -0.2) is 28.4 Å². The minimum absolute atomic E-state index is 0.0481. The lowest BCUT2D eigenvalue weighted by atomic mass is 9.97. The van der Waals surface area contributed by atoms with Crippen molar-refractivity contribution in [3.8, 4) is 0 Å². The number of hydrogen-bond donors (Lipinski definition) is 1. The van der Waals surface area contributed by atoms with Crippen LogP contribution in [0.4, 0.5) is 4.39 Å². The Kier molecular flexibility index (Phi) is 4.22. The molecule has 1 saturated heterocycles. The maximum absolute atomic E-state index is 13.0. The molecule has 1 fully saturated rings. The molecule has 1 aliphatic rings. The van der Waals surface area contributed by atoms with E-state index in [1.807, 2.05) is 11.8 Å². The smallest absolute Gasteiger partial charge is 0.273 e. The van der Waals surface area contributed by atoms with Crippen molar-refractivity contribution in [3.05, 3.63) is 51.7 Å². The third kappa shape index (κ3) is 2.89. The molecule has 22 heavy (non-hydrogen) atoms. The highest BCUT2D eigenvalue weighted by molar-refractivity contribution is 7.09. The van der Waals surface area contributed by atoms with Crippen LogP contribution in [0.15, 0.2) is 29.6 Å². The molecule has 2 aromatic rings. The molecule has 2 heterocycles. The van der Waals surface area contributed by atoms with Gasteiger partial charge in [0.2, 0.25) is 0 Å². The first kappa shape index (κ1) is 15.1. The first-order valence-corrected chi connectivity index (χ1v) is 8.17. The fraction of sp³-hybridized carbons (Fsp3) is 0.375. The van der Waals surface area contributed by atoms with E-state index in [0.717, 1.165) is 17.0 Å². The minimum atomic E-state index is -0.237. The van der Waals surface area contributed by atoms with Gasteiger partial charge >= 0.3 is 0 Å². The van der Waals surface area contributed by atoms with Crippen molar-refractivity contribution in [2.45, 2.75) is 31.8 Å². The molecule has 1 aliphatic heterocycles. The normalized spacial score (nSPS) is 21.3. The van der Waals surface area contributed by atoms with Gasteiger partial charge in [0, 0.05) is 30.4 Å². The summed E-state index contributed by atoms with van der Waals surface area (Å²) in [4.78, 5) is 18.7. The van der Waals surface area contributed by atoms with Crippen molar-refractivity contribution >= 4 is 17.2 Å². The third-order valence-corrected chi connectivity index (χ3v) is 4.99. The molecule has 1 aromatic heterocycles. The fourth-order valence-electron chi connectivity index (χ4n) is 2.94. The van der Waals surface area contributed by atoms with E-state index >= 15 is 0 Å². The molecule has 0 radical (unpaired) electrons. The number of amides is 1. The van der Waals surface area contributed by atoms with Crippen LogP contribution >= 0.6 is 11.3 Å². The average molecular weight is 319 g/mol. The Morgan fingerprint density at radius 2 is 2.18 bits per heavy atom. The Bertz CT molecular complexity index is 670. The van der Waals surface area contributed by atoms with E-state index in [4.69, 9.17) is 5.73 Å². The van der Waals surface area contributed by atoms with Crippen LogP contribution in [0.2, 0.25) is 0 Å². The van der Waals surface area contributed by atoms with Gasteiger partial charge in [0.05, 0.1) is 0 Å². The summed E-state index contributed by atoms with van der Waals surface area (Å²) in [7, 11) is 0. The molecule has 1 aromatic carbocycles. The highest BCUT2D eigenvalue weighted by Gasteiger charge is 2.34. The maximum Gasteiger partial charge on any atom is 0.273 e. The monoisotopic (exact) mass is 319 g/mol. The molecule has 6 heteroatoms. The molecular formula is C16H18FN3OS. The number of carbonyl (C=O) groups is 1. The standard InChI is InChI=1S/C16H18FN3OS/c1-10-6-12(11-2-4-13(17)5-3-11)8-20(10)16(21)14-9-22-15(7-18)19-14/h2-5,9-10,12H,6-8,18H2,1H3/t10-,12-/m1/s1. The Hall–Kier alpha value is -1.79. The molecule has 0 aliphatic carbocycles. The predicted molar refractivity (Wildman–Crippen MR) is 84.3 cm³/mol. The largest absolute Gasteiger partial charge is 0.334 e. The fourth-order valence-corrected chi connectivity index (χ4v) is 3.59. The van der Waals surface area contributed by atoms with Crippen LogP contribution in [0.25, 0.3) is 0 Å². The van der Waals surface area contributed by atoms with Gasteiger partial charge in [0.1, 0.15) is 16.5 Å². The van der Waals surface area contributed by atoms with Gasteiger partial charge in [-0.1, -0.05) is 12.1 Å². The van der Waals surface area contributed by atoms with Crippen LogP contribution in [0.5, 0.6) is 0 Å². The van der Waals surface area contributed by atoms with Gasteiger partial charge in [-0.2, -0.15) is 0 Å². The number of rotatable bonds is 3. The Morgan fingerprint density at radius 3 is 2.82 bits per heavy atom. The topological polar surface area (TPSA) is 59.2 Å². The van der Waals surface area contributed by atoms with Crippen molar-refractivity contribution in [1.82, 2.24) is 9.88 Å². The van der Waals surface area contributed by atoms with Gasteiger partial charge in [0.15, 0.2) is 0 Å². The van der Waals surface area contributed by atoms with E-state index in [0.29, 0.717) is 18.8 Å². The Balaban J connectivity index is 1.75. The zero-order valence-corrected chi connectivity index (χ0v) is 13.1. The number of benzene rings is 1. The van der Waals surface area contributed by atoms with Crippen molar-refractivity contribution in [2.24, 2.45) is 5.73 Å². The van der Waals surface area contributed by atoms with Gasteiger partial charge in [-0.3, -0.25) is 4.79 Å². The maximum atomic E-state index is 13.0. The second-order valence-electron chi connectivity index (χ2n) is 5.62. The SMILES string of the molecule is C[C@@H]1C[C@@H](c2ccc(F)cc2)CN1C(=O)c1csc(CN)n1. The van der Waals surface area contributed by atoms with Crippen LogP contribution in [0, 0.1) is 5.82 Å². The number of likely N-dealkylation sites (tertiary alicyclic amines) is 1. The predicted octanol–water partition coefficient (Wildman–Crippen LogP) is 2.76. The first-order chi connectivity index (χ1) is 10.6. The summed E-state index contributed by atoms with van der Waals surface area (Å²) in [5, 5.41) is 2.54. The zero-order chi connectivity index (χ0) is 15.7. The molecule has 2 atom stereocenters.